The highest BCUT2D eigenvalue weighted by molar-refractivity contribution is 5.30. The first-order valence-electron chi connectivity index (χ1n) is 7.65. The minimum Gasteiger partial charge on any atom is -0.310 e. The molecule has 0 aliphatic carbocycles. The summed E-state index contributed by atoms with van der Waals surface area (Å²) in [5, 5.41) is 3.48. The van der Waals surface area contributed by atoms with Gasteiger partial charge in [0.2, 0.25) is 0 Å². The average molecular weight is 285 g/mol. The molecule has 0 amide bonds. The van der Waals surface area contributed by atoms with Gasteiger partial charge in [0.05, 0.1) is 0 Å². The topological polar surface area (TPSA) is 12.0 Å². The summed E-state index contributed by atoms with van der Waals surface area (Å²) in [6.45, 7) is 7.12. The van der Waals surface area contributed by atoms with Crippen LogP contribution in [0.25, 0.3) is 0 Å². The van der Waals surface area contributed by atoms with Crippen molar-refractivity contribution in [3.05, 3.63) is 70.5 Å². The Hall–Kier alpha value is -1.67. The van der Waals surface area contributed by atoms with E-state index in [-0.39, 0.29) is 11.9 Å². The largest absolute Gasteiger partial charge is 0.310 e. The molecule has 0 aliphatic heterocycles. The van der Waals surface area contributed by atoms with Crippen molar-refractivity contribution in [1.29, 1.82) is 0 Å². The highest BCUT2D eigenvalue weighted by Crippen LogP contribution is 2.23. The molecule has 0 saturated heterocycles. The summed E-state index contributed by atoms with van der Waals surface area (Å²) < 4.78 is 13.5. The fraction of sp³-hybridized carbons (Fsp3) is 0.368. The van der Waals surface area contributed by atoms with Gasteiger partial charge < -0.3 is 5.32 Å². The van der Waals surface area contributed by atoms with Gasteiger partial charge in [-0.1, -0.05) is 42.8 Å². The highest BCUT2D eigenvalue weighted by Gasteiger charge is 2.13. The molecule has 0 fully saturated rings. The van der Waals surface area contributed by atoms with Gasteiger partial charge in [-0.05, 0) is 62.1 Å². The molecule has 1 N–H and O–H groups in total. The third-order valence-electron chi connectivity index (χ3n) is 3.91. The zero-order chi connectivity index (χ0) is 15.2. The SMILES string of the molecule is CCNC(CCc1ccc(C)cc1)c1cc(F)ccc1C. The summed E-state index contributed by atoms with van der Waals surface area (Å²) in [5.74, 6) is -0.158. The van der Waals surface area contributed by atoms with Crippen molar-refractivity contribution in [2.24, 2.45) is 0 Å². The molecule has 0 aliphatic rings. The summed E-state index contributed by atoms with van der Waals surface area (Å²) in [4.78, 5) is 0. The van der Waals surface area contributed by atoms with Crippen LogP contribution in [0, 0.1) is 19.7 Å². The maximum absolute atomic E-state index is 13.5. The summed E-state index contributed by atoms with van der Waals surface area (Å²) >= 11 is 0. The van der Waals surface area contributed by atoms with Gasteiger partial charge >= 0.3 is 0 Å². The molecule has 1 nitrogen and oxygen atoms in total. The molecule has 112 valence electrons. The van der Waals surface area contributed by atoms with E-state index in [0.29, 0.717) is 0 Å². The van der Waals surface area contributed by atoms with Crippen molar-refractivity contribution in [3.8, 4) is 0 Å². The first-order valence-corrected chi connectivity index (χ1v) is 7.65. The highest BCUT2D eigenvalue weighted by atomic mass is 19.1. The standard InChI is InChI=1S/C19H24FN/c1-4-21-19(18-13-17(20)11-7-15(18)3)12-10-16-8-5-14(2)6-9-16/h5-9,11,13,19,21H,4,10,12H2,1-3H3. The molecule has 0 heterocycles. The average Bonchev–Trinajstić information content (AvgIpc) is 2.48. The third-order valence-corrected chi connectivity index (χ3v) is 3.91. The van der Waals surface area contributed by atoms with E-state index in [0.717, 1.165) is 30.5 Å². The summed E-state index contributed by atoms with van der Waals surface area (Å²) in [6.07, 6.45) is 1.97. The molecule has 2 aromatic carbocycles. The van der Waals surface area contributed by atoms with E-state index in [9.17, 15) is 4.39 Å². The Balaban J connectivity index is 2.11. The first-order chi connectivity index (χ1) is 10.1. The number of benzene rings is 2. The molecule has 0 spiro atoms. The van der Waals surface area contributed by atoms with Crippen LogP contribution in [0.15, 0.2) is 42.5 Å². The van der Waals surface area contributed by atoms with E-state index < -0.39 is 0 Å². The minimum atomic E-state index is -0.158. The molecule has 2 aromatic rings. The monoisotopic (exact) mass is 285 g/mol. The van der Waals surface area contributed by atoms with Crippen LogP contribution < -0.4 is 5.32 Å². The van der Waals surface area contributed by atoms with Gasteiger partial charge in [0.25, 0.3) is 0 Å². The lowest BCUT2D eigenvalue weighted by Crippen LogP contribution is -2.22. The Bertz CT molecular complexity index is 575. The van der Waals surface area contributed by atoms with E-state index in [1.807, 2.05) is 13.0 Å². The van der Waals surface area contributed by atoms with E-state index >= 15 is 0 Å². The van der Waals surface area contributed by atoms with E-state index in [1.54, 1.807) is 6.07 Å². The predicted molar refractivity (Wildman–Crippen MR) is 87.1 cm³/mol. The van der Waals surface area contributed by atoms with Crippen LogP contribution in [0.3, 0.4) is 0 Å². The van der Waals surface area contributed by atoms with Gasteiger partial charge in [0.15, 0.2) is 0 Å². The van der Waals surface area contributed by atoms with Crippen molar-refractivity contribution in [2.45, 2.75) is 39.7 Å². The predicted octanol–water partition coefficient (Wildman–Crippen LogP) is 4.73. The van der Waals surface area contributed by atoms with Crippen LogP contribution in [-0.4, -0.2) is 6.54 Å². The van der Waals surface area contributed by atoms with Gasteiger partial charge in [-0.2, -0.15) is 0 Å². The molecule has 1 atom stereocenters. The molecular weight excluding hydrogens is 261 g/mol. The number of nitrogens with one attached hydrogen (secondary N) is 1. The van der Waals surface area contributed by atoms with Gasteiger partial charge in [-0.15, -0.1) is 0 Å². The number of hydrogen-bond acceptors (Lipinski definition) is 1. The van der Waals surface area contributed by atoms with Gasteiger partial charge in [0.1, 0.15) is 5.82 Å². The second kappa shape index (κ2) is 7.37. The molecule has 1 unspecified atom stereocenters. The smallest absolute Gasteiger partial charge is 0.123 e. The molecule has 0 bridgehead atoms. The fourth-order valence-electron chi connectivity index (χ4n) is 2.67. The van der Waals surface area contributed by atoms with E-state index in [4.69, 9.17) is 0 Å². The lowest BCUT2D eigenvalue weighted by atomic mass is 9.95. The van der Waals surface area contributed by atoms with Gasteiger partial charge in [-0.3, -0.25) is 0 Å². The Morgan fingerprint density at radius 1 is 1.05 bits per heavy atom. The van der Waals surface area contributed by atoms with Crippen LogP contribution in [-0.2, 0) is 6.42 Å². The molecule has 0 radical (unpaired) electrons. The minimum absolute atomic E-state index is 0.158. The summed E-state index contributed by atoms with van der Waals surface area (Å²) in [7, 11) is 0. The van der Waals surface area contributed by atoms with Crippen LogP contribution in [0.4, 0.5) is 4.39 Å². The van der Waals surface area contributed by atoms with E-state index in [2.05, 4.69) is 43.4 Å². The maximum Gasteiger partial charge on any atom is 0.123 e. The van der Waals surface area contributed by atoms with Crippen LogP contribution in [0.2, 0.25) is 0 Å². The lowest BCUT2D eigenvalue weighted by Gasteiger charge is -2.20. The summed E-state index contributed by atoms with van der Waals surface area (Å²) in [6, 6.07) is 13.9. The van der Waals surface area contributed by atoms with Crippen LogP contribution in [0.1, 0.15) is 41.6 Å². The number of rotatable bonds is 6. The van der Waals surface area contributed by atoms with Crippen LogP contribution in [0.5, 0.6) is 0 Å². The second-order valence-corrected chi connectivity index (χ2v) is 5.64. The normalized spacial score (nSPS) is 12.4. The Morgan fingerprint density at radius 2 is 1.76 bits per heavy atom. The molecule has 2 heteroatoms. The van der Waals surface area contributed by atoms with Crippen molar-refractivity contribution in [3.63, 3.8) is 0 Å². The number of halogens is 1. The lowest BCUT2D eigenvalue weighted by molar-refractivity contribution is 0.508. The first kappa shape index (κ1) is 15.7. The third kappa shape index (κ3) is 4.40. The van der Waals surface area contributed by atoms with Gasteiger partial charge in [0, 0.05) is 6.04 Å². The van der Waals surface area contributed by atoms with E-state index in [1.165, 1.54) is 17.2 Å². The fourth-order valence-corrected chi connectivity index (χ4v) is 2.67. The second-order valence-electron chi connectivity index (χ2n) is 5.64. The van der Waals surface area contributed by atoms with Crippen molar-refractivity contribution >= 4 is 0 Å². The van der Waals surface area contributed by atoms with Crippen molar-refractivity contribution in [1.82, 2.24) is 5.32 Å². The molecule has 2 rings (SSSR count). The Labute approximate surface area is 127 Å². The quantitative estimate of drug-likeness (QED) is 0.809. The zero-order valence-electron chi connectivity index (χ0n) is 13.1. The molecule has 0 saturated carbocycles. The Morgan fingerprint density at radius 3 is 2.43 bits per heavy atom. The maximum atomic E-state index is 13.5. The molecular formula is C19H24FN. The number of aryl methyl sites for hydroxylation is 3. The molecule has 21 heavy (non-hydrogen) atoms. The number of hydrogen-bond donors (Lipinski definition) is 1. The summed E-state index contributed by atoms with van der Waals surface area (Å²) in [5.41, 5.74) is 4.83. The Kier molecular flexibility index (Phi) is 5.51. The van der Waals surface area contributed by atoms with Crippen molar-refractivity contribution in [2.75, 3.05) is 6.54 Å². The van der Waals surface area contributed by atoms with Gasteiger partial charge in [-0.25, -0.2) is 4.39 Å². The van der Waals surface area contributed by atoms with Crippen LogP contribution >= 0.6 is 0 Å². The molecule has 0 aromatic heterocycles. The van der Waals surface area contributed by atoms with Crippen molar-refractivity contribution < 1.29 is 4.39 Å². The zero-order valence-corrected chi connectivity index (χ0v) is 13.1.